The molecule has 2 N–H and O–H groups in total. The van der Waals surface area contributed by atoms with Gasteiger partial charge in [0.05, 0.1) is 19.2 Å². The average Bonchev–Trinajstić information content (AvgIpc) is 2.47. The van der Waals surface area contributed by atoms with Crippen LogP contribution >= 0.6 is 0 Å². The fourth-order valence-corrected chi connectivity index (χ4v) is 1.90. The molecule has 110 valence electrons. The van der Waals surface area contributed by atoms with Crippen LogP contribution < -0.4 is 10.5 Å². The molecule has 2 aromatic rings. The van der Waals surface area contributed by atoms with Gasteiger partial charge in [0.25, 0.3) is 0 Å². The van der Waals surface area contributed by atoms with Gasteiger partial charge in [-0.05, 0) is 23.3 Å². The first kappa shape index (κ1) is 14.8. The molecule has 5 heteroatoms. The van der Waals surface area contributed by atoms with E-state index in [1.54, 1.807) is 0 Å². The Kier molecular flexibility index (Phi) is 4.77. The van der Waals surface area contributed by atoms with Crippen molar-refractivity contribution in [2.24, 2.45) is 0 Å². The molecule has 0 aliphatic heterocycles. The van der Waals surface area contributed by atoms with Crippen LogP contribution in [0.2, 0.25) is 0 Å². The summed E-state index contributed by atoms with van der Waals surface area (Å²) in [6.45, 7) is 0.239. The molecule has 0 saturated carbocycles. The number of nitrogens with two attached hydrogens (primary N) is 1. The molecule has 0 aromatic heterocycles. The van der Waals surface area contributed by atoms with Gasteiger partial charge in [0.15, 0.2) is 0 Å². The highest BCUT2D eigenvalue weighted by Crippen LogP contribution is 2.23. The second kappa shape index (κ2) is 6.74. The van der Waals surface area contributed by atoms with Gasteiger partial charge < -0.3 is 15.2 Å². The number of carbonyl (C=O) groups excluding carboxylic acids is 1. The number of esters is 1. The lowest BCUT2D eigenvalue weighted by Gasteiger charge is -2.12. The highest BCUT2D eigenvalue weighted by atomic mass is 19.1. The molecule has 0 fully saturated rings. The van der Waals surface area contributed by atoms with E-state index in [-0.39, 0.29) is 24.7 Å². The normalized spacial score (nSPS) is 10.2. The molecule has 0 heterocycles. The lowest BCUT2D eigenvalue weighted by molar-refractivity contribution is -0.139. The summed E-state index contributed by atoms with van der Waals surface area (Å²) in [6, 6.07) is 11.4. The zero-order valence-corrected chi connectivity index (χ0v) is 11.6. The number of hydrogen-bond acceptors (Lipinski definition) is 4. The summed E-state index contributed by atoms with van der Waals surface area (Å²) in [5, 5.41) is 0. The second-order valence-corrected chi connectivity index (χ2v) is 4.49. The zero-order chi connectivity index (χ0) is 15.2. The van der Waals surface area contributed by atoms with Crippen LogP contribution in [-0.4, -0.2) is 13.1 Å². The third-order valence-corrected chi connectivity index (χ3v) is 3.04. The number of anilines is 1. The van der Waals surface area contributed by atoms with Gasteiger partial charge >= 0.3 is 5.97 Å². The lowest BCUT2D eigenvalue weighted by Crippen LogP contribution is -2.08. The van der Waals surface area contributed by atoms with E-state index in [0.29, 0.717) is 5.75 Å². The number of methoxy groups -OCH3 is 1. The van der Waals surface area contributed by atoms with E-state index in [1.165, 1.54) is 25.3 Å². The maximum atomic E-state index is 13.0. The Hall–Kier alpha value is -2.56. The third-order valence-electron chi connectivity index (χ3n) is 3.04. The fourth-order valence-electron chi connectivity index (χ4n) is 1.90. The Morgan fingerprint density at radius 2 is 1.90 bits per heavy atom. The molecule has 0 amide bonds. The van der Waals surface area contributed by atoms with Crippen LogP contribution in [0.5, 0.6) is 5.75 Å². The summed E-state index contributed by atoms with van der Waals surface area (Å²) in [6.07, 6.45) is 0.176. The molecule has 0 aliphatic carbocycles. The summed E-state index contributed by atoms with van der Waals surface area (Å²) in [5.41, 5.74) is 7.60. The van der Waals surface area contributed by atoms with Gasteiger partial charge in [0.1, 0.15) is 18.2 Å². The molecular formula is C16H16FNO3. The van der Waals surface area contributed by atoms with E-state index < -0.39 is 5.82 Å². The molecule has 0 unspecified atom stereocenters. The van der Waals surface area contributed by atoms with E-state index in [0.717, 1.165) is 11.1 Å². The Labute approximate surface area is 122 Å². The highest BCUT2D eigenvalue weighted by Gasteiger charge is 2.09. The Balaban J connectivity index is 2.11. The van der Waals surface area contributed by atoms with Gasteiger partial charge in [0.2, 0.25) is 0 Å². The van der Waals surface area contributed by atoms with Gasteiger partial charge in [-0.1, -0.05) is 24.3 Å². The SMILES string of the molecule is COC(=O)Cc1ccccc1COc1ccc(F)cc1N. The van der Waals surface area contributed by atoms with Crippen molar-refractivity contribution in [3.63, 3.8) is 0 Å². The first-order chi connectivity index (χ1) is 10.1. The number of carbonyl (C=O) groups is 1. The predicted molar refractivity (Wildman–Crippen MR) is 77.3 cm³/mol. The van der Waals surface area contributed by atoms with E-state index in [4.69, 9.17) is 10.5 Å². The minimum Gasteiger partial charge on any atom is -0.487 e. The van der Waals surface area contributed by atoms with Crippen LogP contribution in [-0.2, 0) is 22.6 Å². The molecular weight excluding hydrogens is 273 g/mol. The lowest BCUT2D eigenvalue weighted by atomic mass is 10.1. The van der Waals surface area contributed by atoms with E-state index >= 15 is 0 Å². The van der Waals surface area contributed by atoms with Gasteiger partial charge in [-0.3, -0.25) is 4.79 Å². The Bertz CT molecular complexity index is 643. The third kappa shape index (κ3) is 3.95. The molecule has 0 radical (unpaired) electrons. The molecule has 2 aromatic carbocycles. The first-order valence-electron chi connectivity index (χ1n) is 6.41. The molecule has 0 saturated heterocycles. The standard InChI is InChI=1S/C16H16FNO3/c1-20-16(19)8-11-4-2-3-5-12(11)10-21-15-7-6-13(17)9-14(15)18/h2-7,9H,8,10,18H2,1H3. The summed E-state index contributed by atoms with van der Waals surface area (Å²) < 4.78 is 23.2. The summed E-state index contributed by atoms with van der Waals surface area (Å²) in [5.74, 6) is -0.320. The molecule has 2 rings (SSSR count). The quantitative estimate of drug-likeness (QED) is 0.679. The monoisotopic (exact) mass is 289 g/mol. The number of rotatable bonds is 5. The maximum absolute atomic E-state index is 13.0. The molecule has 0 atom stereocenters. The van der Waals surface area contributed by atoms with Crippen molar-refractivity contribution in [2.75, 3.05) is 12.8 Å². The molecule has 0 spiro atoms. The Morgan fingerprint density at radius 3 is 2.57 bits per heavy atom. The summed E-state index contributed by atoms with van der Waals surface area (Å²) >= 11 is 0. The number of nitrogen functional groups attached to an aromatic ring is 1. The Morgan fingerprint density at radius 1 is 1.19 bits per heavy atom. The number of benzene rings is 2. The average molecular weight is 289 g/mol. The van der Waals surface area contributed by atoms with Crippen LogP contribution in [0.4, 0.5) is 10.1 Å². The highest BCUT2D eigenvalue weighted by molar-refractivity contribution is 5.72. The number of halogens is 1. The molecule has 0 aliphatic rings. The summed E-state index contributed by atoms with van der Waals surface area (Å²) in [4.78, 5) is 11.4. The minimum atomic E-state index is -0.411. The van der Waals surface area contributed by atoms with Crippen LogP contribution in [0.3, 0.4) is 0 Å². The van der Waals surface area contributed by atoms with Crippen molar-refractivity contribution in [2.45, 2.75) is 13.0 Å². The van der Waals surface area contributed by atoms with Crippen molar-refractivity contribution >= 4 is 11.7 Å². The summed E-state index contributed by atoms with van der Waals surface area (Å²) in [7, 11) is 1.35. The number of ether oxygens (including phenoxy) is 2. The molecule has 21 heavy (non-hydrogen) atoms. The zero-order valence-electron chi connectivity index (χ0n) is 11.6. The number of hydrogen-bond donors (Lipinski definition) is 1. The van der Waals surface area contributed by atoms with Gasteiger partial charge in [-0.25, -0.2) is 4.39 Å². The topological polar surface area (TPSA) is 61.5 Å². The fraction of sp³-hybridized carbons (Fsp3) is 0.188. The van der Waals surface area contributed by atoms with Crippen molar-refractivity contribution in [1.82, 2.24) is 0 Å². The van der Waals surface area contributed by atoms with Crippen molar-refractivity contribution < 1.29 is 18.7 Å². The van der Waals surface area contributed by atoms with E-state index in [9.17, 15) is 9.18 Å². The molecule has 4 nitrogen and oxygen atoms in total. The predicted octanol–water partition coefficient (Wildman–Crippen LogP) is 2.70. The van der Waals surface area contributed by atoms with Gasteiger partial charge in [-0.2, -0.15) is 0 Å². The van der Waals surface area contributed by atoms with Crippen LogP contribution in [0.25, 0.3) is 0 Å². The van der Waals surface area contributed by atoms with Gasteiger partial charge in [0, 0.05) is 6.07 Å². The van der Waals surface area contributed by atoms with E-state index in [2.05, 4.69) is 4.74 Å². The smallest absolute Gasteiger partial charge is 0.309 e. The maximum Gasteiger partial charge on any atom is 0.309 e. The van der Waals surface area contributed by atoms with Crippen molar-refractivity contribution in [3.8, 4) is 5.75 Å². The first-order valence-corrected chi connectivity index (χ1v) is 6.41. The van der Waals surface area contributed by atoms with E-state index in [1.807, 2.05) is 24.3 Å². The van der Waals surface area contributed by atoms with Crippen LogP contribution in [0.1, 0.15) is 11.1 Å². The van der Waals surface area contributed by atoms with Crippen molar-refractivity contribution in [3.05, 3.63) is 59.4 Å². The second-order valence-electron chi connectivity index (χ2n) is 4.49. The minimum absolute atomic E-state index is 0.176. The van der Waals surface area contributed by atoms with Gasteiger partial charge in [-0.15, -0.1) is 0 Å². The van der Waals surface area contributed by atoms with Crippen molar-refractivity contribution in [1.29, 1.82) is 0 Å². The van der Waals surface area contributed by atoms with Crippen LogP contribution in [0.15, 0.2) is 42.5 Å². The molecule has 0 bridgehead atoms. The van der Waals surface area contributed by atoms with Crippen LogP contribution in [0, 0.1) is 5.82 Å². The largest absolute Gasteiger partial charge is 0.487 e.